The molecule has 0 unspecified atom stereocenters. The second-order valence-corrected chi connectivity index (χ2v) is 5.77. The average molecular weight is 328 g/mol. The summed E-state index contributed by atoms with van der Waals surface area (Å²) in [5.74, 6) is -0.817. The zero-order valence-electron chi connectivity index (χ0n) is 12.9. The van der Waals surface area contributed by atoms with Crippen LogP contribution in [0.25, 0.3) is 21.9 Å². The van der Waals surface area contributed by atoms with Crippen LogP contribution in [0.5, 0.6) is 17.2 Å². The number of phenolic OH excluding ortho intramolecular Hbond substituents is 3. The van der Waals surface area contributed by atoms with Crippen molar-refractivity contribution in [1.82, 2.24) is 0 Å². The molecule has 1 atom stereocenters. The minimum absolute atomic E-state index is 0.0202. The van der Waals surface area contributed by atoms with E-state index in [1.807, 2.05) is 0 Å². The smallest absolute Gasteiger partial charge is 0.204 e. The largest absolute Gasteiger partial charge is 0.508 e. The SMILES string of the molecule is C=C(C)[C@H](O)Cc1c(O)ccc2oc3cc(O)cc(O)c3c(=O)c12. The Labute approximate surface area is 136 Å². The molecule has 0 fully saturated rings. The highest BCUT2D eigenvalue weighted by atomic mass is 16.3. The lowest BCUT2D eigenvalue weighted by Gasteiger charge is -2.14. The van der Waals surface area contributed by atoms with Gasteiger partial charge >= 0.3 is 0 Å². The van der Waals surface area contributed by atoms with E-state index in [1.165, 1.54) is 18.2 Å². The van der Waals surface area contributed by atoms with Crippen molar-refractivity contribution < 1.29 is 24.8 Å². The van der Waals surface area contributed by atoms with Gasteiger partial charge in [0.15, 0.2) is 0 Å². The topological polar surface area (TPSA) is 111 Å². The second-order valence-electron chi connectivity index (χ2n) is 5.77. The minimum Gasteiger partial charge on any atom is -0.508 e. The quantitative estimate of drug-likeness (QED) is 0.434. The summed E-state index contributed by atoms with van der Waals surface area (Å²) in [5, 5.41) is 39.7. The first-order valence-electron chi connectivity index (χ1n) is 7.26. The van der Waals surface area contributed by atoms with Gasteiger partial charge in [-0.2, -0.15) is 0 Å². The van der Waals surface area contributed by atoms with Gasteiger partial charge in [0.25, 0.3) is 0 Å². The first-order valence-corrected chi connectivity index (χ1v) is 7.26. The molecule has 6 heteroatoms. The van der Waals surface area contributed by atoms with Gasteiger partial charge in [0.05, 0.1) is 11.5 Å². The zero-order valence-corrected chi connectivity index (χ0v) is 12.9. The van der Waals surface area contributed by atoms with Gasteiger partial charge in [-0.15, -0.1) is 0 Å². The van der Waals surface area contributed by atoms with Crippen LogP contribution in [-0.2, 0) is 6.42 Å². The van der Waals surface area contributed by atoms with Gasteiger partial charge in [-0.25, -0.2) is 0 Å². The number of aliphatic hydroxyl groups excluding tert-OH is 1. The second kappa shape index (κ2) is 5.58. The third kappa shape index (κ3) is 2.47. The molecule has 0 aliphatic carbocycles. The van der Waals surface area contributed by atoms with Crippen LogP contribution in [0.1, 0.15) is 12.5 Å². The number of aromatic hydroxyl groups is 3. The molecular weight excluding hydrogens is 312 g/mol. The summed E-state index contributed by atoms with van der Waals surface area (Å²) in [7, 11) is 0. The van der Waals surface area contributed by atoms with E-state index in [0.29, 0.717) is 5.57 Å². The lowest BCUT2D eigenvalue weighted by atomic mass is 9.97. The average Bonchev–Trinajstić information content (AvgIpc) is 2.49. The van der Waals surface area contributed by atoms with Crippen molar-refractivity contribution in [3.8, 4) is 17.2 Å². The van der Waals surface area contributed by atoms with Crippen LogP contribution in [0.2, 0.25) is 0 Å². The Kier molecular flexibility index (Phi) is 3.69. The Morgan fingerprint density at radius 3 is 2.50 bits per heavy atom. The molecule has 0 aliphatic rings. The van der Waals surface area contributed by atoms with Crippen LogP contribution in [0.4, 0.5) is 0 Å². The fraction of sp³-hybridized carbons (Fsp3) is 0.167. The van der Waals surface area contributed by atoms with Crippen molar-refractivity contribution in [2.24, 2.45) is 0 Å². The maximum absolute atomic E-state index is 12.8. The zero-order chi connectivity index (χ0) is 17.6. The summed E-state index contributed by atoms with van der Waals surface area (Å²) in [5.41, 5.74) is 0.361. The standard InChI is InChI=1S/C18H16O6/c1-8(2)12(21)7-10-11(20)3-4-14-16(10)18(23)17-13(22)5-9(19)6-15(17)24-14/h3-6,12,19-22H,1,7H2,2H3/t12-/m1/s1. The van der Waals surface area contributed by atoms with E-state index in [9.17, 15) is 25.2 Å². The molecule has 1 heterocycles. The van der Waals surface area contributed by atoms with Gasteiger partial charge in [-0.3, -0.25) is 4.79 Å². The van der Waals surface area contributed by atoms with Gasteiger partial charge in [0, 0.05) is 24.1 Å². The summed E-state index contributed by atoms with van der Waals surface area (Å²) in [4.78, 5) is 12.8. The molecular formula is C18H16O6. The number of aliphatic hydroxyl groups is 1. The van der Waals surface area contributed by atoms with E-state index in [0.717, 1.165) is 6.07 Å². The van der Waals surface area contributed by atoms with Crippen molar-refractivity contribution in [2.45, 2.75) is 19.4 Å². The lowest BCUT2D eigenvalue weighted by Crippen LogP contribution is -2.14. The van der Waals surface area contributed by atoms with Crippen molar-refractivity contribution in [1.29, 1.82) is 0 Å². The van der Waals surface area contributed by atoms with Crippen molar-refractivity contribution in [3.63, 3.8) is 0 Å². The van der Waals surface area contributed by atoms with Crippen LogP contribution in [0.15, 0.2) is 45.6 Å². The van der Waals surface area contributed by atoms with Gasteiger partial charge in [-0.1, -0.05) is 12.2 Å². The molecule has 0 saturated carbocycles. The van der Waals surface area contributed by atoms with Gasteiger partial charge in [-0.05, 0) is 19.1 Å². The van der Waals surface area contributed by atoms with Crippen molar-refractivity contribution in [2.75, 3.05) is 0 Å². The summed E-state index contributed by atoms with van der Waals surface area (Å²) < 4.78 is 5.59. The number of fused-ring (bicyclic) bond motifs is 2. The van der Waals surface area contributed by atoms with E-state index in [2.05, 4.69) is 6.58 Å². The number of hydrogen-bond acceptors (Lipinski definition) is 6. The van der Waals surface area contributed by atoms with Gasteiger partial charge < -0.3 is 24.8 Å². The normalized spacial score (nSPS) is 12.6. The van der Waals surface area contributed by atoms with E-state index >= 15 is 0 Å². The molecule has 0 aliphatic heterocycles. The maximum Gasteiger partial charge on any atom is 0.204 e. The van der Waals surface area contributed by atoms with E-state index in [4.69, 9.17) is 4.42 Å². The molecule has 1 aromatic heterocycles. The molecule has 124 valence electrons. The molecule has 0 saturated heterocycles. The Morgan fingerprint density at radius 1 is 1.12 bits per heavy atom. The number of rotatable bonds is 3. The van der Waals surface area contributed by atoms with Crippen molar-refractivity contribution in [3.05, 3.63) is 52.2 Å². The van der Waals surface area contributed by atoms with E-state index in [-0.39, 0.29) is 45.4 Å². The summed E-state index contributed by atoms with van der Waals surface area (Å²) in [6, 6.07) is 5.05. The van der Waals surface area contributed by atoms with Crippen molar-refractivity contribution >= 4 is 21.9 Å². The molecule has 3 rings (SSSR count). The molecule has 0 amide bonds. The molecule has 0 spiro atoms. The Bertz CT molecular complexity index is 1030. The maximum atomic E-state index is 12.8. The predicted octanol–water partition coefficient (Wildman–Crippen LogP) is 2.54. The fourth-order valence-corrected chi connectivity index (χ4v) is 2.66. The van der Waals surface area contributed by atoms with Crippen LogP contribution in [0.3, 0.4) is 0 Å². The summed E-state index contributed by atoms with van der Waals surface area (Å²) in [6.07, 6.45) is -0.960. The van der Waals surface area contributed by atoms with E-state index in [1.54, 1.807) is 6.92 Å². The number of hydrogen-bond donors (Lipinski definition) is 4. The fourth-order valence-electron chi connectivity index (χ4n) is 2.66. The van der Waals surface area contributed by atoms with Crippen LogP contribution >= 0.6 is 0 Å². The minimum atomic E-state index is -0.940. The number of phenols is 3. The van der Waals surface area contributed by atoms with E-state index < -0.39 is 17.3 Å². The molecule has 0 bridgehead atoms. The highest BCUT2D eigenvalue weighted by Gasteiger charge is 2.20. The van der Waals surface area contributed by atoms with Crippen LogP contribution < -0.4 is 5.43 Å². The summed E-state index contributed by atoms with van der Waals surface area (Å²) >= 11 is 0. The van der Waals surface area contributed by atoms with Gasteiger partial charge in [0.2, 0.25) is 5.43 Å². The molecule has 0 radical (unpaired) electrons. The molecule has 4 N–H and O–H groups in total. The number of benzene rings is 2. The first kappa shape index (κ1) is 15.9. The highest BCUT2D eigenvalue weighted by Crippen LogP contribution is 2.33. The highest BCUT2D eigenvalue weighted by molar-refractivity contribution is 5.95. The predicted molar refractivity (Wildman–Crippen MR) is 89.5 cm³/mol. The summed E-state index contributed by atoms with van der Waals surface area (Å²) in [6.45, 7) is 5.29. The Morgan fingerprint density at radius 2 is 1.83 bits per heavy atom. The molecule has 6 nitrogen and oxygen atoms in total. The molecule has 2 aromatic carbocycles. The van der Waals surface area contributed by atoms with Crippen LogP contribution in [0, 0.1) is 0 Å². The Balaban J connectivity index is 2.41. The first-order chi connectivity index (χ1) is 11.3. The Hall–Kier alpha value is -2.99. The molecule has 24 heavy (non-hydrogen) atoms. The molecule has 3 aromatic rings. The third-order valence-electron chi connectivity index (χ3n) is 3.96. The third-order valence-corrected chi connectivity index (χ3v) is 3.96. The van der Waals surface area contributed by atoms with Crippen LogP contribution in [-0.4, -0.2) is 26.5 Å². The monoisotopic (exact) mass is 328 g/mol. The van der Waals surface area contributed by atoms with Gasteiger partial charge in [0.1, 0.15) is 33.8 Å². The lowest BCUT2D eigenvalue weighted by molar-refractivity contribution is 0.211.